The molecule has 2 N–H and O–H groups in total. The maximum atomic E-state index is 12.6. The highest BCUT2D eigenvalue weighted by Gasteiger charge is 2.72. The molecular formula is C23H35N3O7. The fourth-order valence-corrected chi connectivity index (χ4v) is 5.86. The molecule has 1 aromatic heterocycles. The van der Waals surface area contributed by atoms with Crippen LogP contribution in [0.15, 0.2) is 21.0 Å². The van der Waals surface area contributed by atoms with Crippen molar-refractivity contribution in [3.63, 3.8) is 0 Å². The summed E-state index contributed by atoms with van der Waals surface area (Å²) in [4.78, 5) is 28.2. The van der Waals surface area contributed by atoms with Crippen molar-refractivity contribution in [2.24, 2.45) is 11.8 Å². The maximum Gasteiger partial charge on any atom is 0.438 e. The Kier molecular flexibility index (Phi) is 6.22. The number of hydrogen-bond acceptors (Lipinski definition) is 7. The number of allylic oxidation sites excluding steroid dienone is 1. The number of aromatic nitrogens is 2. The Balaban J connectivity index is 1.68. The fourth-order valence-electron chi connectivity index (χ4n) is 5.86. The van der Waals surface area contributed by atoms with Crippen molar-refractivity contribution in [3.8, 4) is 0 Å². The van der Waals surface area contributed by atoms with Crippen LogP contribution in [-0.2, 0) is 14.2 Å². The number of amides is 1. The summed E-state index contributed by atoms with van der Waals surface area (Å²) < 4.78 is 23.0. The summed E-state index contributed by atoms with van der Waals surface area (Å²) in [6.45, 7) is 10.6. The SMILES string of the molecule is CO[C@@H]1[C@H](N(C(=O)O)C(c2noc(=O)[nH]2)C(C)C)CC[C@]2(CO2)[C@H]1[C@@]1(C)O[C@@H]1CC=C(C)C. The number of aromatic amines is 1. The van der Waals surface area contributed by atoms with Crippen molar-refractivity contribution < 1.29 is 28.6 Å². The molecule has 2 aliphatic heterocycles. The highest BCUT2D eigenvalue weighted by atomic mass is 16.6. The topological polar surface area (TPSA) is 134 Å². The summed E-state index contributed by atoms with van der Waals surface area (Å²) in [5, 5.41) is 14.1. The monoisotopic (exact) mass is 465 g/mol. The molecule has 1 aliphatic carbocycles. The molecule has 3 aliphatic rings. The number of carboxylic acid groups (broad SMARTS) is 1. The van der Waals surface area contributed by atoms with Gasteiger partial charge in [0.05, 0.1) is 36.5 Å². The highest BCUT2D eigenvalue weighted by molar-refractivity contribution is 5.66. The van der Waals surface area contributed by atoms with Gasteiger partial charge in [-0.1, -0.05) is 30.7 Å². The van der Waals surface area contributed by atoms with Crippen molar-refractivity contribution in [2.45, 2.75) is 89.4 Å². The molecule has 1 spiro atoms. The second-order valence-corrected chi connectivity index (χ2v) is 10.3. The van der Waals surface area contributed by atoms with Gasteiger partial charge < -0.3 is 19.3 Å². The van der Waals surface area contributed by atoms with Gasteiger partial charge in [-0.2, -0.15) is 0 Å². The number of hydrogen-bond donors (Lipinski definition) is 2. The lowest BCUT2D eigenvalue weighted by atomic mass is 9.67. The zero-order chi connectivity index (χ0) is 24.1. The number of epoxide rings is 2. The van der Waals surface area contributed by atoms with Crippen LogP contribution in [-0.4, -0.2) is 69.4 Å². The highest BCUT2D eigenvalue weighted by Crippen LogP contribution is 2.60. The van der Waals surface area contributed by atoms with Crippen molar-refractivity contribution in [1.29, 1.82) is 0 Å². The minimum atomic E-state index is -1.10. The summed E-state index contributed by atoms with van der Waals surface area (Å²) in [7, 11) is 1.62. The summed E-state index contributed by atoms with van der Waals surface area (Å²) in [6.07, 6.45) is 2.72. The number of rotatable bonds is 8. The molecular weight excluding hydrogens is 430 g/mol. The predicted octanol–water partition coefficient (Wildman–Crippen LogP) is 3.12. The van der Waals surface area contributed by atoms with Gasteiger partial charge in [0.15, 0.2) is 5.82 Å². The van der Waals surface area contributed by atoms with Gasteiger partial charge in [0.1, 0.15) is 5.60 Å². The van der Waals surface area contributed by atoms with E-state index in [0.29, 0.717) is 19.4 Å². The lowest BCUT2D eigenvalue weighted by Gasteiger charge is -2.48. The van der Waals surface area contributed by atoms with Crippen LogP contribution in [0.4, 0.5) is 4.79 Å². The van der Waals surface area contributed by atoms with E-state index < -0.39 is 35.6 Å². The number of methoxy groups -OCH3 is 1. The van der Waals surface area contributed by atoms with E-state index in [-0.39, 0.29) is 29.4 Å². The molecule has 184 valence electrons. The van der Waals surface area contributed by atoms with Gasteiger partial charge in [-0.3, -0.25) is 14.4 Å². The summed E-state index contributed by atoms with van der Waals surface area (Å²) in [6, 6.07) is -1.16. The van der Waals surface area contributed by atoms with Crippen LogP contribution in [0.5, 0.6) is 0 Å². The van der Waals surface area contributed by atoms with Crippen LogP contribution in [0.1, 0.15) is 65.7 Å². The van der Waals surface area contributed by atoms with E-state index in [0.717, 1.165) is 6.42 Å². The molecule has 4 rings (SSSR count). The molecule has 1 aromatic rings. The Morgan fingerprint density at radius 1 is 1.42 bits per heavy atom. The van der Waals surface area contributed by atoms with E-state index in [4.69, 9.17) is 18.7 Å². The summed E-state index contributed by atoms with van der Waals surface area (Å²) >= 11 is 0. The smallest absolute Gasteiger partial charge is 0.438 e. The van der Waals surface area contributed by atoms with Gasteiger partial charge in [-0.15, -0.1) is 0 Å². The second kappa shape index (κ2) is 8.56. The first-order valence-corrected chi connectivity index (χ1v) is 11.6. The van der Waals surface area contributed by atoms with E-state index in [2.05, 4.69) is 37.0 Å². The van der Waals surface area contributed by atoms with E-state index >= 15 is 0 Å². The third-order valence-electron chi connectivity index (χ3n) is 7.51. The van der Waals surface area contributed by atoms with Gasteiger partial charge in [0, 0.05) is 13.0 Å². The van der Waals surface area contributed by atoms with E-state index in [1.807, 2.05) is 13.8 Å². The molecule has 3 heterocycles. The van der Waals surface area contributed by atoms with Crippen molar-refractivity contribution >= 4 is 6.09 Å². The Morgan fingerprint density at radius 2 is 2.12 bits per heavy atom. The summed E-state index contributed by atoms with van der Waals surface area (Å²) in [5.74, 6) is -0.807. The zero-order valence-electron chi connectivity index (χ0n) is 20.2. The molecule has 7 atom stereocenters. The van der Waals surface area contributed by atoms with Crippen molar-refractivity contribution in [3.05, 3.63) is 28.0 Å². The third-order valence-corrected chi connectivity index (χ3v) is 7.51. The lowest BCUT2D eigenvalue weighted by molar-refractivity contribution is -0.103. The largest absolute Gasteiger partial charge is 0.465 e. The molecule has 0 bridgehead atoms. The summed E-state index contributed by atoms with van der Waals surface area (Å²) in [5.41, 5.74) is 0.404. The minimum Gasteiger partial charge on any atom is -0.465 e. The Labute approximate surface area is 193 Å². The van der Waals surface area contributed by atoms with Gasteiger partial charge in [0.25, 0.3) is 0 Å². The normalized spacial score (nSPS) is 36.0. The quantitative estimate of drug-likeness (QED) is 0.442. The van der Waals surface area contributed by atoms with Gasteiger partial charge in [-0.05, 0) is 46.0 Å². The van der Waals surface area contributed by atoms with E-state index in [1.54, 1.807) is 7.11 Å². The lowest BCUT2D eigenvalue weighted by Crippen LogP contribution is -2.61. The molecule has 33 heavy (non-hydrogen) atoms. The Morgan fingerprint density at radius 3 is 2.61 bits per heavy atom. The van der Waals surface area contributed by atoms with Gasteiger partial charge in [-0.25, -0.2) is 9.59 Å². The number of nitrogens with one attached hydrogen (secondary N) is 1. The van der Waals surface area contributed by atoms with Gasteiger partial charge >= 0.3 is 11.8 Å². The number of nitrogens with zero attached hydrogens (tertiary/aromatic N) is 2. The number of ether oxygens (including phenoxy) is 3. The molecule has 10 heteroatoms. The van der Waals surface area contributed by atoms with Crippen LogP contribution in [0, 0.1) is 11.8 Å². The number of H-pyrrole nitrogens is 1. The first kappa shape index (κ1) is 24.0. The molecule has 1 saturated carbocycles. The second-order valence-electron chi connectivity index (χ2n) is 10.3. The third kappa shape index (κ3) is 4.24. The van der Waals surface area contributed by atoms with Crippen LogP contribution in [0.2, 0.25) is 0 Å². The van der Waals surface area contributed by atoms with Crippen molar-refractivity contribution in [1.82, 2.24) is 15.0 Å². The van der Waals surface area contributed by atoms with Crippen LogP contribution in [0.3, 0.4) is 0 Å². The first-order chi connectivity index (χ1) is 15.5. The zero-order valence-corrected chi connectivity index (χ0v) is 20.2. The van der Waals surface area contributed by atoms with Gasteiger partial charge in [0.2, 0.25) is 0 Å². The van der Waals surface area contributed by atoms with Crippen LogP contribution < -0.4 is 5.76 Å². The number of carbonyl (C=O) groups is 1. The molecule has 1 unspecified atom stereocenters. The Bertz CT molecular complexity index is 961. The van der Waals surface area contributed by atoms with Crippen LogP contribution >= 0.6 is 0 Å². The standard InChI is InChI=1S/C23H35N3O7/c1-12(2)7-8-15-22(5,32-15)18-17(30-6)14(9-10-23(18)11-31-23)26(21(28)29)16(13(3)4)19-24-20(27)33-25-19/h7,13-18H,8-11H2,1-6H3,(H,28,29)(H,24,25,27)/t14-,15-,16?,17-,18-,22+,23+/m1/s1. The van der Waals surface area contributed by atoms with Crippen molar-refractivity contribution in [2.75, 3.05) is 13.7 Å². The van der Waals surface area contributed by atoms with E-state index in [1.165, 1.54) is 10.5 Å². The predicted molar refractivity (Wildman–Crippen MR) is 118 cm³/mol. The molecule has 0 aromatic carbocycles. The molecule has 10 nitrogen and oxygen atoms in total. The molecule has 0 radical (unpaired) electrons. The molecule has 3 fully saturated rings. The minimum absolute atomic E-state index is 0.0287. The average Bonchev–Trinajstić information content (AvgIpc) is 3.60. The fraction of sp³-hybridized carbons (Fsp3) is 0.783. The van der Waals surface area contributed by atoms with E-state index in [9.17, 15) is 14.7 Å². The Hall–Kier alpha value is -2.17. The van der Waals surface area contributed by atoms with Crippen LogP contribution in [0.25, 0.3) is 0 Å². The average molecular weight is 466 g/mol. The molecule has 2 saturated heterocycles. The molecule has 1 amide bonds. The first-order valence-electron chi connectivity index (χ1n) is 11.6. The maximum absolute atomic E-state index is 12.6.